The standard InChI is InChI=1S/C18H16BrFN6O/c19-12-6-7-14(13(20)9-12)24-17-16(21)18(23-10-22-17)26-25-15(27)8-11-4-2-1-3-5-11/h1-7,9-10H,8,21H2,(H,25,27)(H2,22,23,24,26). The molecule has 27 heavy (non-hydrogen) atoms. The van der Waals surface area contributed by atoms with Gasteiger partial charge in [-0.25, -0.2) is 14.4 Å². The van der Waals surface area contributed by atoms with Crippen LogP contribution < -0.4 is 21.9 Å². The van der Waals surface area contributed by atoms with Crippen LogP contribution in [0.2, 0.25) is 0 Å². The molecule has 1 aromatic heterocycles. The molecule has 1 heterocycles. The van der Waals surface area contributed by atoms with Crippen molar-refractivity contribution in [3.63, 3.8) is 0 Å². The van der Waals surface area contributed by atoms with E-state index < -0.39 is 5.82 Å². The van der Waals surface area contributed by atoms with Gasteiger partial charge in [-0.2, -0.15) is 0 Å². The van der Waals surface area contributed by atoms with Crippen LogP contribution in [0.25, 0.3) is 0 Å². The summed E-state index contributed by atoms with van der Waals surface area (Å²) >= 11 is 3.20. The lowest BCUT2D eigenvalue weighted by Gasteiger charge is -2.13. The second kappa shape index (κ2) is 8.45. The van der Waals surface area contributed by atoms with Crippen LogP contribution in [0.5, 0.6) is 0 Å². The first-order valence-electron chi connectivity index (χ1n) is 7.94. The van der Waals surface area contributed by atoms with Crippen LogP contribution in [0.4, 0.5) is 27.4 Å². The summed E-state index contributed by atoms with van der Waals surface area (Å²) < 4.78 is 14.6. The zero-order chi connectivity index (χ0) is 19.2. The normalized spacial score (nSPS) is 10.3. The van der Waals surface area contributed by atoms with Gasteiger partial charge in [0.15, 0.2) is 11.6 Å². The molecule has 9 heteroatoms. The van der Waals surface area contributed by atoms with Gasteiger partial charge in [0.1, 0.15) is 17.8 Å². The summed E-state index contributed by atoms with van der Waals surface area (Å²) in [5.41, 5.74) is 12.4. The number of aromatic nitrogens is 2. The highest BCUT2D eigenvalue weighted by atomic mass is 79.9. The molecule has 0 saturated heterocycles. The molecule has 3 rings (SSSR count). The molecule has 0 fully saturated rings. The molecule has 0 aliphatic carbocycles. The predicted octanol–water partition coefficient (Wildman–Crippen LogP) is 3.39. The van der Waals surface area contributed by atoms with E-state index in [0.29, 0.717) is 4.47 Å². The number of nitrogens with one attached hydrogen (secondary N) is 3. The van der Waals surface area contributed by atoms with Crippen molar-refractivity contribution in [2.45, 2.75) is 6.42 Å². The molecule has 0 aliphatic rings. The minimum Gasteiger partial charge on any atom is -0.393 e. The molecule has 3 aromatic rings. The van der Waals surface area contributed by atoms with Crippen LogP contribution in [0.15, 0.2) is 59.3 Å². The molecule has 0 atom stereocenters. The van der Waals surface area contributed by atoms with Crippen LogP contribution in [0.3, 0.4) is 0 Å². The number of carbonyl (C=O) groups is 1. The highest BCUT2D eigenvalue weighted by Crippen LogP contribution is 2.27. The third-order valence-electron chi connectivity index (χ3n) is 3.60. The lowest BCUT2D eigenvalue weighted by Crippen LogP contribution is -2.31. The highest BCUT2D eigenvalue weighted by Gasteiger charge is 2.11. The average molecular weight is 431 g/mol. The van der Waals surface area contributed by atoms with Crippen LogP contribution in [0, 0.1) is 5.82 Å². The second-order valence-corrected chi connectivity index (χ2v) is 6.48. The number of rotatable bonds is 6. The maximum absolute atomic E-state index is 14.0. The molecular weight excluding hydrogens is 415 g/mol. The highest BCUT2D eigenvalue weighted by molar-refractivity contribution is 9.10. The molecule has 5 N–H and O–H groups in total. The van der Waals surface area contributed by atoms with E-state index in [0.717, 1.165) is 5.56 Å². The average Bonchev–Trinajstić information content (AvgIpc) is 2.65. The molecule has 2 aromatic carbocycles. The van der Waals surface area contributed by atoms with Gasteiger partial charge >= 0.3 is 0 Å². The number of halogens is 2. The van der Waals surface area contributed by atoms with Gasteiger partial charge in [0.25, 0.3) is 0 Å². The summed E-state index contributed by atoms with van der Waals surface area (Å²) in [6.45, 7) is 0. The van der Waals surface area contributed by atoms with Crippen molar-refractivity contribution >= 4 is 44.8 Å². The first kappa shape index (κ1) is 18.6. The summed E-state index contributed by atoms with van der Waals surface area (Å²) in [4.78, 5) is 20.0. The molecule has 138 valence electrons. The van der Waals surface area contributed by atoms with E-state index in [1.807, 2.05) is 30.3 Å². The minimum absolute atomic E-state index is 0.139. The summed E-state index contributed by atoms with van der Waals surface area (Å²) in [5, 5.41) is 2.81. The molecule has 0 unspecified atom stereocenters. The Morgan fingerprint density at radius 1 is 1.11 bits per heavy atom. The van der Waals surface area contributed by atoms with Gasteiger partial charge in [0.05, 0.1) is 12.1 Å². The molecule has 0 radical (unpaired) electrons. The van der Waals surface area contributed by atoms with E-state index >= 15 is 0 Å². The van der Waals surface area contributed by atoms with Gasteiger partial charge in [0, 0.05) is 4.47 Å². The maximum Gasteiger partial charge on any atom is 0.242 e. The Kier molecular flexibility index (Phi) is 5.82. The Hall–Kier alpha value is -3.20. The summed E-state index contributed by atoms with van der Waals surface area (Å²) in [6, 6.07) is 13.9. The molecule has 0 spiro atoms. The number of hydrogen-bond donors (Lipinski definition) is 4. The Labute approximate surface area is 163 Å². The number of nitrogen functional groups attached to an aromatic ring is 1. The maximum atomic E-state index is 14.0. The quantitative estimate of drug-likeness (QED) is 0.446. The Balaban J connectivity index is 1.66. The van der Waals surface area contributed by atoms with E-state index in [1.165, 1.54) is 12.4 Å². The number of hydrogen-bond acceptors (Lipinski definition) is 6. The van der Waals surface area contributed by atoms with Gasteiger partial charge < -0.3 is 11.1 Å². The summed E-state index contributed by atoms with van der Waals surface area (Å²) in [6.07, 6.45) is 1.45. The monoisotopic (exact) mass is 430 g/mol. The molecule has 0 aliphatic heterocycles. The zero-order valence-corrected chi connectivity index (χ0v) is 15.6. The van der Waals surface area contributed by atoms with Gasteiger partial charge in [-0.1, -0.05) is 46.3 Å². The number of nitrogens with two attached hydrogens (primary N) is 1. The fourth-order valence-corrected chi connectivity index (χ4v) is 2.60. The van der Waals surface area contributed by atoms with Crippen molar-refractivity contribution in [1.29, 1.82) is 0 Å². The topological polar surface area (TPSA) is 105 Å². The van der Waals surface area contributed by atoms with Crippen LogP contribution in [-0.4, -0.2) is 15.9 Å². The summed E-state index contributed by atoms with van der Waals surface area (Å²) in [7, 11) is 0. The van der Waals surface area contributed by atoms with Crippen molar-refractivity contribution in [2.24, 2.45) is 0 Å². The van der Waals surface area contributed by atoms with E-state index in [-0.39, 0.29) is 35.3 Å². The summed E-state index contributed by atoms with van der Waals surface area (Å²) in [5.74, 6) is -0.307. The van der Waals surface area contributed by atoms with Crippen molar-refractivity contribution in [3.05, 3.63) is 70.7 Å². The van der Waals surface area contributed by atoms with E-state index in [4.69, 9.17) is 5.73 Å². The number of amides is 1. The molecule has 0 saturated carbocycles. The van der Waals surface area contributed by atoms with Crippen molar-refractivity contribution in [1.82, 2.24) is 15.4 Å². The van der Waals surface area contributed by atoms with E-state index in [2.05, 4.69) is 42.1 Å². The lowest BCUT2D eigenvalue weighted by molar-refractivity contribution is -0.119. The zero-order valence-electron chi connectivity index (χ0n) is 14.0. The van der Waals surface area contributed by atoms with E-state index in [9.17, 15) is 9.18 Å². The molecular formula is C18H16BrFN6O. The third kappa shape index (κ3) is 4.91. The number of nitrogens with zero attached hydrogens (tertiary/aromatic N) is 2. The molecule has 7 nitrogen and oxygen atoms in total. The molecule has 1 amide bonds. The van der Waals surface area contributed by atoms with Crippen LogP contribution in [0.1, 0.15) is 5.56 Å². The van der Waals surface area contributed by atoms with Crippen LogP contribution in [-0.2, 0) is 11.2 Å². The predicted molar refractivity (Wildman–Crippen MR) is 106 cm³/mol. The Bertz CT molecular complexity index is 954. The van der Waals surface area contributed by atoms with Gasteiger partial charge in [-0.05, 0) is 23.8 Å². The molecule has 0 bridgehead atoms. The smallest absolute Gasteiger partial charge is 0.242 e. The number of anilines is 4. The van der Waals surface area contributed by atoms with Crippen molar-refractivity contribution < 1.29 is 9.18 Å². The van der Waals surface area contributed by atoms with Crippen molar-refractivity contribution in [2.75, 3.05) is 16.5 Å². The number of benzene rings is 2. The Morgan fingerprint density at radius 3 is 2.59 bits per heavy atom. The first-order chi connectivity index (χ1) is 13.0. The Morgan fingerprint density at radius 2 is 1.85 bits per heavy atom. The van der Waals surface area contributed by atoms with Gasteiger partial charge in [-0.3, -0.25) is 15.6 Å². The number of hydrazine groups is 1. The lowest BCUT2D eigenvalue weighted by atomic mass is 10.1. The SMILES string of the molecule is Nc1c(NNC(=O)Cc2ccccc2)ncnc1Nc1ccc(Br)cc1F. The second-order valence-electron chi connectivity index (χ2n) is 5.57. The van der Waals surface area contributed by atoms with Crippen LogP contribution >= 0.6 is 15.9 Å². The number of carbonyl (C=O) groups excluding carboxylic acids is 1. The minimum atomic E-state index is -0.465. The van der Waals surface area contributed by atoms with Crippen molar-refractivity contribution in [3.8, 4) is 0 Å². The van der Waals surface area contributed by atoms with Gasteiger partial charge in [0.2, 0.25) is 5.91 Å². The van der Waals surface area contributed by atoms with E-state index in [1.54, 1.807) is 12.1 Å². The van der Waals surface area contributed by atoms with Gasteiger partial charge in [-0.15, -0.1) is 0 Å². The third-order valence-corrected chi connectivity index (χ3v) is 4.09. The first-order valence-corrected chi connectivity index (χ1v) is 8.73. The fraction of sp³-hybridized carbons (Fsp3) is 0.0556. The fourth-order valence-electron chi connectivity index (χ4n) is 2.27. The largest absolute Gasteiger partial charge is 0.393 e.